The van der Waals surface area contributed by atoms with Crippen molar-refractivity contribution in [3.8, 4) is 5.75 Å². The van der Waals surface area contributed by atoms with Crippen molar-refractivity contribution >= 4 is 11.0 Å². The summed E-state index contributed by atoms with van der Waals surface area (Å²) in [7, 11) is 0. The first-order chi connectivity index (χ1) is 9.63. The van der Waals surface area contributed by atoms with E-state index in [0.717, 1.165) is 23.1 Å². The van der Waals surface area contributed by atoms with E-state index in [9.17, 15) is 4.79 Å². The molecule has 0 aliphatic heterocycles. The van der Waals surface area contributed by atoms with E-state index in [0.29, 0.717) is 17.8 Å². The number of aryl methyl sites for hydroxylation is 1. The summed E-state index contributed by atoms with van der Waals surface area (Å²) in [5.74, 6) is 0.764. The van der Waals surface area contributed by atoms with Crippen LogP contribution in [-0.2, 0) is 0 Å². The molecule has 20 heavy (non-hydrogen) atoms. The van der Waals surface area contributed by atoms with Crippen LogP contribution in [0.3, 0.4) is 0 Å². The number of benzene rings is 1. The molecule has 0 aliphatic rings. The molecule has 2 rings (SSSR count). The lowest BCUT2D eigenvalue weighted by atomic mass is 10.1. The molecule has 0 unspecified atom stereocenters. The third-order valence-corrected chi connectivity index (χ3v) is 3.70. The van der Waals surface area contributed by atoms with Crippen LogP contribution in [0.2, 0.25) is 0 Å². The average molecular weight is 274 g/mol. The largest absolute Gasteiger partial charge is 0.493 e. The minimum absolute atomic E-state index is 0.268. The van der Waals surface area contributed by atoms with E-state index < -0.39 is 0 Å². The number of ether oxygens (including phenoxy) is 1. The molecular formula is C17H22O3. The number of hydrogen-bond acceptors (Lipinski definition) is 3. The zero-order valence-electron chi connectivity index (χ0n) is 12.5. The van der Waals surface area contributed by atoms with Gasteiger partial charge in [0, 0.05) is 17.0 Å². The van der Waals surface area contributed by atoms with Gasteiger partial charge in [-0.2, -0.15) is 0 Å². The fourth-order valence-corrected chi connectivity index (χ4v) is 2.24. The monoisotopic (exact) mass is 274 g/mol. The van der Waals surface area contributed by atoms with E-state index >= 15 is 0 Å². The first kappa shape index (κ1) is 14.6. The van der Waals surface area contributed by atoms with Crippen molar-refractivity contribution in [3.63, 3.8) is 0 Å². The Labute approximate surface area is 119 Å². The van der Waals surface area contributed by atoms with Crippen LogP contribution in [0.15, 0.2) is 27.4 Å². The second-order valence-electron chi connectivity index (χ2n) is 5.21. The molecule has 1 aromatic carbocycles. The second-order valence-corrected chi connectivity index (χ2v) is 5.21. The lowest BCUT2D eigenvalue weighted by Crippen LogP contribution is -2.05. The molecule has 2 aromatic rings. The summed E-state index contributed by atoms with van der Waals surface area (Å²) in [4.78, 5) is 11.7. The first-order valence-corrected chi connectivity index (χ1v) is 7.30. The van der Waals surface area contributed by atoms with Gasteiger partial charge < -0.3 is 9.15 Å². The van der Waals surface area contributed by atoms with E-state index in [2.05, 4.69) is 6.92 Å². The molecule has 3 nitrogen and oxygen atoms in total. The molecule has 0 spiro atoms. The average Bonchev–Trinajstić information content (AvgIpc) is 2.44. The molecule has 108 valence electrons. The van der Waals surface area contributed by atoms with E-state index in [1.54, 1.807) is 6.92 Å². The topological polar surface area (TPSA) is 39.4 Å². The SMILES string of the molecule is CCCCCCOc1ccc2c(C)c(C)c(=O)oc2c1. The van der Waals surface area contributed by atoms with Crippen molar-refractivity contribution in [1.82, 2.24) is 0 Å². The highest BCUT2D eigenvalue weighted by Crippen LogP contribution is 2.24. The van der Waals surface area contributed by atoms with Crippen molar-refractivity contribution in [2.24, 2.45) is 0 Å². The van der Waals surface area contributed by atoms with Crippen molar-refractivity contribution in [2.75, 3.05) is 6.61 Å². The zero-order chi connectivity index (χ0) is 14.5. The van der Waals surface area contributed by atoms with Crippen LogP contribution in [0.5, 0.6) is 5.75 Å². The van der Waals surface area contributed by atoms with E-state index in [-0.39, 0.29) is 5.63 Å². The molecule has 3 heteroatoms. The highest BCUT2D eigenvalue weighted by atomic mass is 16.5. The van der Waals surface area contributed by atoms with E-state index in [4.69, 9.17) is 9.15 Å². The Kier molecular flexibility index (Phi) is 4.83. The standard InChI is InChI=1S/C17H22O3/c1-4-5-6-7-10-19-14-8-9-15-12(2)13(3)17(18)20-16(15)11-14/h8-9,11H,4-7,10H2,1-3H3. The number of unbranched alkanes of at least 4 members (excludes halogenated alkanes) is 3. The lowest BCUT2D eigenvalue weighted by Gasteiger charge is -2.08. The van der Waals surface area contributed by atoms with Crippen LogP contribution < -0.4 is 10.4 Å². The van der Waals surface area contributed by atoms with Gasteiger partial charge in [-0.25, -0.2) is 4.79 Å². The van der Waals surface area contributed by atoms with Gasteiger partial charge in [-0.1, -0.05) is 26.2 Å². The van der Waals surface area contributed by atoms with Gasteiger partial charge in [0.15, 0.2) is 0 Å². The van der Waals surface area contributed by atoms with Crippen LogP contribution in [0.25, 0.3) is 11.0 Å². The maximum Gasteiger partial charge on any atom is 0.339 e. The maximum absolute atomic E-state index is 11.7. The molecule has 0 atom stereocenters. The summed E-state index contributed by atoms with van der Waals surface area (Å²) < 4.78 is 11.0. The van der Waals surface area contributed by atoms with Crippen molar-refractivity contribution in [1.29, 1.82) is 0 Å². The fourth-order valence-electron chi connectivity index (χ4n) is 2.24. The van der Waals surface area contributed by atoms with Gasteiger partial charge in [-0.15, -0.1) is 0 Å². The van der Waals surface area contributed by atoms with Crippen LogP contribution in [0, 0.1) is 13.8 Å². The minimum Gasteiger partial charge on any atom is -0.493 e. The van der Waals surface area contributed by atoms with Gasteiger partial charge in [0.25, 0.3) is 0 Å². The predicted molar refractivity (Wildman–Crippen MR) is 81.6 cm³/mol. The molecule has 1 heterocycles. The molecule has 0 N–H and O–H groups in total. The molecule has 1 aromatic heterocycles. The van der Waals surface area contributed by atoms with Gasteiger partial charge in [0.2, 0.25) is 0 Å². The maximum atomic E-state index is 11.7. The van der Waals surface area contributed by atoms with Gasteiger partial charge >= 0.3 is 5.63 Å². The number of hydrogen-bond donors (Lipinski definition) is 0. The summed E-state index contributed by atoms with van der Waals surface area (Å²) in [5.41, 5.74) is 1.98. The summed E-state index contributed by atoms with van der Waals surface area (Å²) in [6.07, 6.45) is 4.72. The Morgan fingerprint density at radius 1 is 1.10 bits per heavy atom. The zero-order valence-corrected chi connectivity index (χ0v) is 12.5. The van der Waals surface area contributed by atoms with Gasteiger partial charge in [-0.05, 0) is 38.0 Å². The number of rotatable bonds is 6. The molecule has 0 bridgehead atoms. The summed E-state index contributed by atoms with van der Waals surface area (Å²) in [5, 5.41) is 0.973. The van der Waals surface area contributed by atoms with E-state index in [1.807, 2.05) is 25.1 Å². The lowest BCUT2D eigenvalue weighted by molar-refractivity contribution is 0.305. The Bertz CT molecular complexity index is 640. The smallest absolute Gasteiger partial charge is 0.339 e. The van der Waals surface area contributed by atoms with Gasteiger partial charge in [0.05, 0.1) is 6.61 Å². The minimum atomic E-state index is -0.268. The Morgan fingerprint density at radius 2 is 1.90 bits per heavy atom. The van der Waals surface area contributed by atoms with Crippen molar-refractivity contribution in [3.05, 3.63) is 39.7 Å². The third kappa shape index (κ3) is 3.21. The van der Waals surface area contributed by atoms with Crippen LogP contribution >= 0.6 is 0 Å². The summed E-state index contributed by atoms with van der Waals surface area (Å²) >= 11 is 0. The Hall–Kier alpha value is -1.77. The highest BCUT2D eigenvalue weighted by molar-refractivity contribution is 5.82. The van der Waals surface area contributed by atoms with Gasteiger partial charge in [0.1, 0.15) is 11.3 Å². The van der Waals surface area contributed by atoms with Crippen LogP contribution in [0.4, 0.5) is 0 Å². The van der Waals surface area contributed by atoms with Gasteiger partial charge in [-0.3, -0.25) is 0 Å². The second kappa shape index (κ2) is 6.60. The Balaban J connectivity index is 2.13. The molecule has 0 saturated heterocycles. The quantitative estimate of drug-likeness (QED) is 0.580. The number of fused-ring (bicyclic) bond motifs is 1. The van der Waals surface area contributed by atoms with Crippen LogP contribution in [0.1, 0.15) is 43.7 Å². The highest BCUT2D eigenvalue weighted by Gasteiger charge is 2.08. The molecule has 0 fully saturated rings. The fraction of sp³-hybridized carbons (Fsp3) is 0.471. The molecule has 0 saturated carbocycles. The summed E-state index contributed by atoms with van der Waals surface area (Å²) in [6.45, 7) is 6.63. The first-order valence-electron chi connectivity index (χ1n) is 7.30. The molecule has 0 radical (unpaired) electrons. The van der Waals surface area contributed by atoms with Crippen molar-refractivity contribution in [2.45, 2.75) is 46.5 Å². The predicted octanol–water partition coefficient (Wildman–Crippen LogP) is 4.37. The molecule has 0 amide bonds. The van der Waals surface area contributed by atoms with Crippen molar-refractivity contribution < 1.29 is 9.15 Å². The Morgan fingerprint density at radius 3 is 2.65 bits per heavy atom. The molecule has 0 aliphatic carbocycles. The van der Waals surface area contributed by atoms with E-state index in [1.165, 1.54) is 19.3 Å². The van der Waals surface area contributed by atoms with Crippen LogP contribution in [-0.4, -0.2) is 6.61 Å². The normalized spacial score (nSPS) is 10.9. The third-order valence-electron chi connectivity index (χ3n) is 3.70. The molecular weight excluding hydrogens is 252 g/mol. The summed E-state index contributed by atoms with van der Waals surface area (Å²) in [6, 6.07) is 5.71.